The van der Waals surface area contributed by atoms with Gasteiger partial charge in [-0.05, 0) is 18.4 Å². The lowest BCUT2D eigenvalue weighted by atomic mass is 9.88. The van der Waals surface area contributed by atoms with Crippen molar-refractivity contribution in [1.82, 2.24) is 71.6 Å². The first kappa shape index (κ1) is 99.9. The van der Waals surface area contributed by atoms with E-state index in [-0.39, 0.29) is 158 Å². The molecule has 10 rings (SSSR count). The Morgan fingerprint density at radius 3 is 1.06 bits per heavy atom. The maximum Gasteiger partial charge on any atom is 0.407 e. The van der Waals surface area contributed by atoms with Crippen LogP contribution >= 0.6 is 0 Å². The number of amides is 5. The summed E-state index contributed by atoms with van der Waals surface area (Å²) in [6, 6.07) is 6.60. The third-order valence-electron chi connectivity index (χ3n) is 20.6. The number of fused-ring (bicyclic) bond motifs is 6. The van der Waals surface area contributed by atoms with Crippen molar-refractivity contribution >= 4 is 29.7 Å². The van der Waals surface area contributed by atoms with E-state index < -0.39 is 120 Å². The summed E-state index contributed by atoms with van der Waals surface area (Å²) in [7, 11) is 0. The van der Waals surface area contributed by atoms with E-state index in [9.17, 15) is 54.6 Å². The number of aliphatic hydroxyl groups is 6. The molecule has 125 heavy (non-hydrogen) atoms. The van der Waals surface area contributed by atoms with Crippen molar-refractivity contribution in [2.75, 3.05) is 205 Å². The molecule has 6 saturated heterocycles. The predicted molar refractivity (Wildman–Crippen MR) is 422 cm³/mol. The number of aromatic nitrogens is 9. The lowest BCUT2D eigenvalue weighted by Crippen LogP contribution is -2.66. The standard InChI is InChI=1S/C78H124N14O33/c1-54(93)80-62-65(97)68(100)76(51-120-71(62)123-76)48-113-35-32-110-29-26-107-23-20-104-17-14-90-38-58(84-87-90)42-116-45-75(83-61(96)12-8-5-9-13-79-74(103)119-41-57-10-6-4-7-11-57,46-117-43-59-39-91(88-85-59)15-18-105-21-24-108-27-30-111-33-36-114-49-77-52-121-72(124-77)63(81-55(2)94)66(98)69(77)101)47-118-44-60-40-92(89-86-60)16-19-106-22-25-109-28-31-112-34-37-115-50-78-53-122-73(125-78)64(82-56(3)95)67(99)70(78)102/h4,6-7,10-11,38-40,62-73,97-102H,5,8-9,12-37,41-53H2,1-3H3,(H,79,103)(H,80,93)(H,81,94)(H,82,95)(H,83,96)/t62-,63-,64-,65-,66-,67-,68-,69-,70-,71-,72+,73+,76+,77+,78+/m1/s1. The third-order valence-corrected chi connectivity index (χ3v) is 20.6. The average molecular weight is 1790 g/mol. The Bertz CT molecular complexity index is 3460. The molecule has 0 spiro atoms. The van der Waals surface area contributed by atoms with Crippen molar-refractivity contribution in [3.05, 3.63) is 71.6 Å². The fourth-order valence-electron chi connectivity index (χ4n) is 14.1. The van der Waals surface area contributed by atoms with Crippen molar-refractivity contribution < 1.29 is 159 Å². The van der Waals surface area contributed by atoms with Gasteiger partial charge in [0.05, 0.1) is 256 Å². The quantitative estimate of drug-likeness (QED) is 0.0184. The number of aliphatic hydroxyl groups excluding tert-OH is 6. The van der Waals surface area contributed by atoms with Crippen molar-refractivity contribution in [1.29, 1.82) is 0 Å². The number of ether oxygens (including phenoxy) is 22. The minimum atomic E-state index is -1.35. The van der Waals surface area contributed by atoms with Gasteiger partial charge in [0, 0.05) is 33.7 Å². The zero-order valence-electron chi connectivity index (χ0n) is 71.0. The molecule has 0 radical (unpaired) electrons. The summed E-state index contributed by atoms with van der Waals surface area (Å²) in [4.78, 5) is 61.4. The van der Waals surface area contributed by atoms with Crippen LogP contribution in [0.4, 0.5) is 4.79 Å². The number of carbonyl (C=O) groups is 5. The van der Waals surface area contributed by atoms with Gasteiger partial charge in [-0.3, -0.25) is 19.2 Å². The van der Waals surface area contributed by atoms with Gasteiger partial charge in [-0.15, -0.1) is 15.3 Å². The number of hydrogen-bond donors (Lipinski definition) is 11. The van der Waals surface area contributed by atoms with Gasteiger partial charge in [-0.2, -0.15) is 0 Å². The second kappa shape index (κ2) is 53.0. The zero-order valence-corrected chi connectivity index (χ0v) is 71.0. The smallest absolute Gasteiger partial charge is 0.407 e. The monoisotopic (exact) mass is 1780 g/mol. The number of alkyl carbamates (subject to hydrolysis) is 1. The summed E-state index contributed by atoms with van der Waals surface area (Å²) in [5.74, 6) is -1.50. The fraction of sp³-hybridized carbons (Fsp3) is 0.782. The van der Waals surface area contributed by atoms with E-state index in [0.29, 0.717) is 142 Å². The molecule has 6 bridgehead atoms. The maximum atomic E-state index is 14.2. The fourth-order valence-corrected chi connectivity index (χ4v) is 14.1. The SMILES string of the molecule is CC(=O)N[C@H]1[C@@H]2OC[C@](COCCOCCOCCOCCn3cc(COCC(COCc4cn(CCOCCOCCOCCOC[C@@]56CO[C@@H](O5)[C@H](NC(C)=O)[C@@H](O)[C@H]6O)nn4)(COCc4cn(CCOCCOCCOCCOC[C@@]56CO[C@@H](O5)[C@H](NC(C)=O)[C@@H](O)[C@H]6O)nn4)NC(=O)CCCCCNC(=O)OCc4ccccc4)nn3)(O2)[C@H](O)[C@@H]1O. The van der Waals surface area contributed by atoms with Gasteiger partial charge in [0.1, 0.15) is 101 Å². The van der Waals surface area contributed by atoms with Crippen LogP contribution in [0, 0.1) is 0 Å². The van der Waals surface area contributed by atoms with E-state index in [1.807, 2.05) is 30.3 Å². The van der Waals surface area contributed by atoms with Crippen LogP contribution in [-0.4, -0.2) is 406 Å². The van der Waals surface area contributed by atoms with E-state index in [0.717, 1.165) is 5.56 Å². The molecule has 11 N–H and O–H groups in total. The molecule has 1 aromatic carbocycles. The summed E-state index contributed by atoms with van der Waals surface area (Å²) >= 11 is 0. The first-order valence-electron chi connectivity index (χ1n) is 42.0. The minimum Gasteiger partial charge on any atom is -0.445 e. The summed E-state index contributed by atoms with van der Waals surface area (Å²) in [6.45, 7) is 10.4. The molecule has 9 heterocycles. The van der Waals surface area contributed by atoms with Crippen LogP contribution in [-0.2, 0) is 169 Å². The molecule has 15 atom stereocenters. The van der Waals surface area contributed by atoms with Gasteiger partial charge in [0.25, 0.3) is 0 Å². The summed E-state index contributed by atoms with van der Waals surface area (Å²) in [5.41, 5.74) is -2.84. The Morgan fingerprint density at radius 2 is 0.736 bits per heavy atom. The van der Waals surface area contributed by atoms with Gasteiger partial charge in [-0.25, -0.2) is 18.8 Å². The van der Waals surface area contributed by atoms with Gasteiger partial charge in [0.2, 0.25) is 23.6 Å². The lowest BCUT2D eigenvalue weighted by Gasteiger charge is -2.42. The molecule has 704 valence electrons. The Balaban J connectivity index is 0.648. The highest BCUT2D eigenvalue weighted by Crippen LogP contribution is 2.40. The van der Waals surface area contributed by atoms with Crippen LogP contribution in [0.5, 0.6) is 0 Å². The van der Waals surface area contributed by atoms with Crippen LogP contribution in [0.15, 0.2) is 48.9 Å². The first-order valence-corrected chi connectivity index (χ1v) is 42.0. The largest absolute Gasteiger partial charge is 0.445 e. The van der Waals surface area contributed by atoms with E-state index in [2.05, 4.69) is 57.5 Å². The van der Waals surface area contributed by atoms with E-state index in [1.54, 1.807) is 32.6 Å². The molecule has 4 aromatic rings. The number of hydrogen-bond acceptors (Lipinski definition) is 39. The molecule has 6 aliphatic rings. The van der Waals surface area contributed by atoms with Gasteiger partial charge >= 0.3 is 6.09 Å². The molecule has 3 aromatic heterocycles. The van der Waals surface area contributed by atoms with Gasteiger partial charge in [0.15, 0.2) is 18.9 Å². The van der Waals surface area contributed by atoms with E-state index in [1.165, 1.54) is 20.8 Å². The van der Waals surface area contributed by atoms with Crippen molar-refractivity contribution in [3.63, 3.8) is 0 Å². The van der Waals surface area contributed by atoms with Crippen molar-refractivity contribution in [2.24, 2.45) is 0 Å². The molecular formula is C78H124N14O33. The average Bonchev–Trinajstić information content (AvgIpc) is 1.62. The Labute approximate surface area is 722 Å². The highest BCUT2D eigenvalue weighted by Gasteiger charge is 2.62. The molecule has 0 unspecified atom stereocenters. The molecule has 0 aliphatic carbocycles. The minimum absolute atomic E-state index is 0.0177. The van der Waals surface area contributed by atoms with E-state index in [4.69, 9.17) is 104 Å². The second-order valence-electron chi connectivity index (χ2n) is 30.8. The highest BCUT2D eigenvalue weighted by molar-refractivity contribution is 5.77. The van der Waals surface area contributed by atoms with Crippen LogP contribution in [0.25, 0.3) is 0 Å². The number of nitrogens with one attached hydrogen (secondary N) is 5. The molecule has 5 amide bonds. The van der Waals surface area contributed by atoms with Gasteiger partial charge in [-0.1, -0.05) is 52.4 Å². The topological polar surface area (TPSA) is 562 Å². The number of nitrogens with zero attached hydrogens (tertiary/aromatic N) is 9. The molecule has 6 fully saturated rings. The Hall–Kier alpha value is -7.29. The molecule has 0 saturated carbocycles. The van der Waals surface area contributed by atoms with Crippen LogP contribution < -0.4 is 26.6 Å². The van der Waals surface area contributed by atoms with Crippen molar-refractivity contribution in [3.8, 4) is 0 Å². The first-order chi connectivity index (χ1) is 60.7. The van der Waals surface area contributed by atoms with Crippen LogP contribution in [0.3, 0.4) is 0 Å². The predicted octanol–water partition coefficient (Wildman–Crippen LogP) is -4.99. The molecule has 6 aliphatic heterocycles. The van der Waals surface area contributed by atoms with Crippen LogP contribution in [0.1, 0.15) is 69.1 Å². The van der Waals surface area contributed by atoms with E-state index >= 15 is 0 Å². The summed E-state index contributed by atoms with van der Waals surface area (Å²) in [5, 5.41) is 104. The van der Waals surface area contributed by atoms with Crippen LogP contribution in [0.2, 0.25) is 0 Å². The Morgan fingerprint density at radius 1 is 0.416 bits per heavy atom. The second-order valence-corrected chi connectivity index (χ2v) is 30.8. The molecule has 47 heteroatoms. The lowest BCUT2D eigenvalue weighted by molar-refractivity contribution is -0.238. The summed E-state index contributed by atoms with van der Waals surface area (Å²) in [6.07, 6.45) is -4.32. The maximum absolute atomic E-state index is 14.2. The highest BCUT2D eigenvalue weighted by atomic mass is 16.8. The molecule has 47 nitrogen and oxygen atoms in total. The van der Waals surface area contributed by atoms with Crippen molar-refractivity contribution in [2.45, 2.75) is 188 Å². The number of rotatable bonds is 66. The number of carbonyl (C=O) groups excluding carboxylic acids is 5. The number of benzene rings is 1. The normalized spacial score (nSPS) is 25.6. The van der Waals surface area contributed by atoms with Gasteiger partial charge < -0.3 is 161 Å². The third kappa shape index (κ3) is 32.4. The molecular weight excluding hydrogens is 1660 g/mol. The Kier molecular flexibility index (Phi) is 42.3. The number of unbranched alkanes of at least 4 members (excludes halogenated alkanes) is 2. The summed E-state index contributed by atoms with van der Waals surface area (Å²) < 4.78 is 132. The zero-order chi connectivity index (χ0) is 88.5.